The van der Waals surface area contributed by atoms with Crippen molar-refractivity contribution in [3.05, 3.63) is 36.5 Å². The Morgan fingerprint density at radius 1 is 1.16 bits per heavy atom. The summed E-state index contributed by atoms with van der Waals surface area (Å²) in [7, 11) is 2.97. The standard InChI is InChI=1S/C31H49NO11/c1-18-16-31(39-7,43-20(3)19(18)2)26(36)28(37)32-29-25-24(40-17-41-29)27(38-6)30(4,5)22(42-25)15-21(33)13-11-9-8-10-12-14-23(34)35/h8,10,12,14,19-22,24-27,29,33,36H,1,9,11,13,15-17H2,2-7H3,(H,32,37)(H,34,35). The number of hydrogen-bond acceptors (Lipinski definition) is 10. The van der Waals surface area contributed by atoms with Crippen LogP contribution in [0.25, 0.3) is 0 Å². The number of carbonyl (C=O) groups excluding carboxylic acids is 1. The molecule has 0 radical (unpaired) electrons. The zero-order valence-corrected chi connectivity index (χ0v) is 26.1. The highest BCUT2D eigenvalue weighted by atomic mass is 16.7. The molecule has 3 rings (SSSR count). The van der Waals surface area contributed by atoms with Gasteiger partial charge in [0.15, 0.2) is 12.3 Å². The zero-order valence-electron chi connectivity index (χ0n) is 26.1. The third-order valence-electron chi connectivity index (χ3n) is 8.95. The molecular formula is C31H49NO11. The molecule has 0 aliphatic carbocycles. The Hall–Kier alpha value is -2.16. The maximum Gasteiger partial charge on any atom is 0.328 e. The normalized spacial score (nSPS) is 35.9. The molecule has 3 aliphatic rings. The molecular weight excluding hydrogens is 562 g/mol. The number of carbonyl (C=O) groups is 2. The van der Waals surface area contributed by atoms with Gasteiger partial charge in [0.25, 0.3) is 5.91 Å². The van der Waals surface area contributed by atoms with Gasteiger partial charge in [-0.1, -0.05) is 51.2 Å². The van der Waals surface area contributed by atoms with Crippen LogP contribution in [0.1, 0.15) is 59.8 Å². The quantitative estimate of drug-likeness (QED) is 0.105. The van der Waals surface area contributed by atoms with Crippen molar-refractivity contribution in [3.63, 3.8) is 0 Å². The first-order chi connectivity index (χ1) is 20.3. The summed E-state index contributed by atoms with van der Waals surface area (Å²) in [6.45, 7) is 11.7. The molecule has 3 fully saturated rings. The van der Waals surface area contributed by atoms with Crippen molar-refractivity contribution in [1.82, 2.24) is 5.32 Å². The largest absolute Gasteiger partial charge is 0.478 e. The highest BCUT2D eigenvalue weighted by Gasteiger charge is 2.57. The number of amides is 1. The molecule has 3 aliphatic heterocycles. The van der Waals surface area contributed by atoms with Crippen molar-refractivity contribution < 1.29 is 53.3 Å². The average Bonchev–Trinajstić information content (AvgIpc) is 2.95. The lowest BCUT2D eigenvalue weighted by molar-refractivity contribution is -0.332. The molecule has 12 nitrogen and oxygen atoms in total. The second-order valence-electron chi connectivity index (χ2n) is 12.2. The summed E-state index contributed by atoms with van der Waals surface area (Å²) in [6.07, 6.45) is 2.40. The molecule has 0 aromatic carbocycles. The Morgan fingerprint density at radius 2 is 1.88 bits per heavy atom. The Kier molecular flexibility index (Phi) is 12.5. The van der Waals surface area contributed by atoms with Gasteiger partial charge in [-0.2, -0.15) is 0 Å². The summed E-state index contributed by atoms with van der Waals surface area (Å²) >= 11 is 0. The molecule has 4 N–H and O–H groups in total. The van der Waals surface area contributed by atoms with Crippen LogP contribution in [0.5, 0.6) is 0 Å². The first kappa shape index (κ1) is 35.3. The molecule has 1 amide bonds. The van der Waals surface area contributed by atoms with E-state index in [9.17, 15) is 19.8 Å². The first-order valence-electron chi connectivity index (χ1n) is 14.8. The molecule has 10 unspecified atom stereocenters. The fraction of sp³-hybridized carbons (Fsp3) is 0.742. The van der Waals surface area contributed by atoms with Crippen LogP contribution in [0.4, 0.5) is 0 Å². The van der Waals surface area contributed by atoms with E-state index in [0.717, 1.165) is 11.6 Å². The molecule has 0 spiro atoms. The van der Waals surface area contributed by atoms with Crippen LogP contribution >= 0.6 is 0 Å². The fourth-order valence-corrected chi connectivity index (χ4v) is 6.08. The van der Waals surface area contributed by atoms with E-state index in [0.29, 0.717) is 25.7 Å². The number of nitrogens with one attached hydrogen (secondary N) is 1. The van der Waals surface area contributed by atoms with E-state index >= 15 is 0 Å². The Morgan fingerprint density at radius 3 is 2.51 bits per heavy atom. The van der Waals surface area contributed by atoms with Crippen LogP contribution in [0, 0.1) is 11.3 Å². The van der Waals surface area contributed by atoms with E-state index in [1.807, 2.05) is 33.8 Å². The second-order valence-corrected chi connectivity index (χ2v) is 12.2. The number of rotatable bonds is 13. The zero-order chi connectivity index (χ0) is 31.9. The number of carboxylic acids is 1. The molecule has 0 saturated carbocycles. The van der Waals surface area contributed by atoms with Crippen LogP contribution < -0.4 is 5.32 Å². The van der Waals surface area contributed by atoms with Gasteiger partial charge in [0, 0.05) is 44.5 Å². The van der Waals surface area contributed by atoms with Gasteiger partial charge in [-0.15, -0.1) is 0 Å². The van der Waals surface area contributed by atoms with E-state index in [2.05, 4.69) is 11.9 Å². The summed E-state index contributed by atoms with van der Waals surface area (Å²) in [5.41, 5.74) is 0.246. The minimum Gasteiger partial charge on any atom is -0.478 e. The lowest BCUT2D eigenvalue weighted by Gasteiger charge is -2.54. The number of allylic oxidation sites excluding steroid dienone is 3. The summed E-state index contributed by atoms with van der Waals surface area (Å²) in [5, 5.41) is 33.4. The van der Waals surface area contributed by atoms with E-state index < -0.39 is 65.9 Å². The Balaban J connectivity index is 1.68. The fourth-order valence-electron chi connectivity index (χ4n) is 6.08. The number of fused-ring (bicyclic) bond motifs is 1. The van der Waals surface area contributed by atoms with Crippen molar-refractivity contribution in [2.45, 2.75) is 115 Å². The predicted octanol–water partition coefficient (Wildman–Crippen LogP) is 2.43. The van der Waals surface area contributed by atoms with Gasteiger partial charge in [-0.3, -0.25) is 4.79 Å². The van der Waals surface area contributed by atoms with Crippen LogP contribution in [0.3, 0.4) is 0 Å². The van der Waals surface area contributed by atoms with Crippen molar-refractivity contribution in [2.75, 3.05) is 21.0 Å². The average molecular weight is 612 g/mol. The van der Waals surface area contributed by atoms with Crippen LogP contribution in [-0.4, -0.2) is 103 Å². The topological polar surface area (TPSA) is 162 Å². The number of unbranched alkanes of at least 4 members (excludes halogenated alkanes) is 1. The molecule has 244 valence electrons. The van der Waals surface area contributed by atoms with E-state index in [1.165, 1.54) is 13.2 Å². The molecule has 3 saturated heterocycles. The summed E-state index contributed by atoms with van der Waals surface area (Å²) in [6, 6.07) is 0. The van der Waals surface area contributed by atoms with Crippen LogP contribution in [0.15, 0.2) is 36.5 Å². The maximum atomic E-state index is 13.4. The van der Waals surface area contributed by atoms with E-state index in [4.69, 9.17) is 33.5 Å². The van der Waals surface area contributed by atoms with Crippen molar-refractivity contribution in [2.24, 2.45) is 11.3 Å². The minimum atomic E-state index is -1.68. The predicted molar refractivity (Wildman–Crippen MR) is 156 cm³/mol. The monoisotopic (exact) mass is 611 g/mol. The molecule has 43 heavy (non-hydrogen) atoms. The number of carboxylic acid groups (broad SMARTS) is 1. The lowest BCUT2D eigenvalue weighted by atomic mass is 9.72. The van der Waals surface area contributed by atoms with E-state index in [1.54, 1.807) is 13.2 Å². The minimum absolute atomic E-state index is 0.0350. The van der Waals surface area contributed by atoms with Gasteiger partial charge in [-0.05, 0) is 26.2 Å². The second kappa shape index (κ2) is 15.2. The van der Waals surface area contributed by atoms with Gasteiger partial charge in [0.1, 0.15) is 19.0 Å². The first-order valence-corrected chi connectivity index (χ1v) is 14.8. The van der Waals surface area contributed by atoms with Gasteiger partial charge in [0.2, 0.25) is 5.79 Å². The number of aliphatic hydroxyl groups is 2. The smallest absolute Gasteiger partial charge is 0.328 e. The number of aliphatic carboxylic acids is 1. The molecule has 0 aromatic heterocycles. The van der Waals surface area contributed by atoms with E-state index in [-0.39, 0.29) is 25.2 Å². The van der Waals surface area contributed by atoms with Crippen LogP contribution in [-0.2, 0) is 38.0 Å². The molecule has 0 aromatic rings. The maximum absolute atomic E-state index is 13.4. The highest BCUT2D eigenvalue weighted by molar-refractivity contribution is 5.82. The number of ether oxygens (including phenoxy) is 6. The van der Waals surface area contributed by atoms with Crippen molar-refractivity contribution in [3.8, 4) is 0 Å². The number of hydrogen-bond donors (Lipinski definition) is 4. The SMILES string of the molecule is C=C1CC(OC)(C(O)C(=O)NC2OCOC3C2OC(CC(O)CCCC=CC=CC(=O)O)C(C)(C)C3OC)OC(C)C1C. The molecule has 12 heteroatoms. The van der Waals surface area contributed by atoms with Crippen LogP contribution in [0.2, 0.25) is 0 Å². The van der Waals surface area contributed by atoms with Gasteiger partial charge >= 0.3 is 5.97 Å². The molecule has 0 bridgehead atoms. The van der Waals surface area contributed by atoms with Gasteiger partial charge in [0.05, 0.1) is 24.4 Å². The number of methoxy groups -OCH3 is 2. The van der Waals surface area contributed by atoms with Crippen molar-refractivity contribution in [1.29, 1.82) is 0 Å². The number of aliphatic hydroxyl groups excluding tert-OH is 2. The Labute approximate surface area is 254 Å². The lowest BCUT2D eigenvalue weighted by Crippen LogP contribution is -2.69. The van der Waals surface area contributed by atoms with Gasteiger partial charge in [-0.25, -0.2) is 4.79 Å². The summed E-state index contributed by atoms with van der Waals surface area (Å²) < 4.78 is 35.6. The summed E-state index contributed by atoms with van der Waals surface area (Å²) in [5.74, 6) is -3.33. The molecule has 3 heterocycles. The van der Waals surface area contributed by atoms with Gasteiger partial charge < -0.3 is 49.1 Å². The third-order valence-corrected chi connectivity index (χ3v) is 8.95. The Bertz CT molecular complexity index is 1030. The third kappa shape index (κ3) is 8.31. The molecule has 10 atom stereocenters. The highest BCUT2D eigenvalue weighted by Crippen LogP contribution is 2.44. The van der Waals surface area contributed by atoms with Crippen molar-refractivity contribution >= 4 is 11.9 Å². The summed E-state index contributed by atoms with van der Waals surface area (Å²) in [4.78, 5) is 23.9.